The number of rotatable bonds is 6. The van der Waals surface area contributed by atoms with Crippen LogP contribution in [0.25, 0.3) is 21.9 Å². The molecule has 146 valence electrons. The molecule has 0 aliphatic carbocycles. The van der Waals surface area contributed by atoms with Crippen LogP contribution in [0.15, 0.2) is 61.2 Å². The van der Waals surface area contributed by atoms with Crippen molar-refractivity contribution < 1.29 is 26.7 Å². The predicted molar refractivity (Wildman–Crippen MR) is 99.4 cm³/mol. The molecule has 0 saturated heterocycles. The van der Waals surface area contributed by atoms with Gasteiger partial charge in [-0.05, 0) is 47.6 Å². The minimum absolute atomic E-state index is 0.103. The number of aryl methyl sites for hydroxylation is 1. The third-order valence-electron chi connectivity index (χ3n) is 4.29. The molecule has 0 fully saturated rings. The number of hydrogen-bond acceptors (Lipinski definition) is 1. The van der Waals surface area contributed by atoms with Crippen molar-refractivity contribution in [2.75, 3.05) is 6.61 Å². The Morgan fingerprint density at radius 1 is 0.964 bits per heavy atom. The van der Waals surface area contributed by atoms with Crippen LogP contribution in [-0.2, 0) is 6.42 Å². The number of hydrogen-bond donors (Lipinski definition) is 0. The van der Waals surface area contributed by atoms with Crippen LogP contribution in [0.3, 0.4) is 0 Å². The van der Waals surface area contributed by atoms with Gasteiger partial charge in [0.1, 0.15) is 5.82 Å². The van der Waals surface area contributed by atoms with Crippen LogP contribution < -0.4 is 4.74 Å². The minimum Gasteiger partial charge on any atom is -0.481 e. The molecular weight excluding hydrogens is 375 g/mol. The van der Waals surface area contributed by atoms with Gasteiger partial charge in [0.2, 0.25) is 0 Å². The Kier molecular flexibility index (Phi) is 5.68. The topological polar surface area (TPSA) is 9.23 Å². The molecule has 0 aliphatic rings. The monoisotopic (exact) mass is 392 g/mol. The summed E-state index contributed by atoms with van der Waals surface area (Å²) in [7, 11) is 0. The molecule has 0 spiro atoms. The van der Waals surface area contributed by atoms with E-state index in [1.165, 1.54) is 24.3 Å². The van der Waals surface area contributed by atoms with E-state index in [0.717, 1.165) is 18.1 Å². The van der Waals surface area contributed by atoms with E-state index in [0.29, 0.717) is 22.9 Å². The summed E-state index contributed by atoms with van der Waals surface area (Å²) < 4.78 is 70.3. The van der Waals surface area contributed by atoms with Crippen molar-refractivity contribution in [3.05, 3.63) is 78.4 Å². The average molecular weight is 392 g/mol. The van der Waals surface area contributed by atoms with Gasteiger partial charge in [-0.2, -0.15) is 13.2 Å². The lowest BCUT2D eigenvalue weighted by Crippen LogP contribution is -2.19. The highest BCUT2D eigenvalue weighted by molar-refractivity contribution is 5.89. The third kappa shape index (κ3) is 4.50. The fourth-order valence-electron chi connectivity index (χ4n) is 2.93. The number of ether oxygens (including phenoxy) is 1. The van der Waals surface area contributed by atoms with Gasteiger partial charge in [-0.1, -0.05) is 36.4 Å². The van der Waals surface area contributed by atoms with E-state index in [2.05, 4.69) is 11.3 Å². The van der Waals surface area contributed by atoms with Gasteiger partial charge >= 0.3 is 6.18 Å². The Hall–Kier alpha value is -2.89. The molecule has 0 atom stereocenters. The fourth-order valence-corrected chi connectivity index (χ4v) is 2.93. The summed E-state index contributed by atoms with van der Waals surface area (Å²) in [4.78, 5) is 0. The van der Waals surface area contributed by atoms with Crippen molar-refractivity contribution >= 4 is 10.8 Å². The number of benzene rings is 3. The van der Waals surface area contributed by atoms with E-state index in [1.807, 2.05) is 6.07 Å². The second-order valence-corrected chi connectivity index (χ2v) is 6.36. The molecule has 0 aromatic heterocycles. The highest BCUT2D eigenvalue weighted by atomic mass is 19.4. The average Bonchev–Trinajstić information content (AvgIpc) is 2.65. The normalized spacial score (nSPS) is 11.6. The summed E-state index contributed by atoms with van der Waals surface area (Å²) in [6.07, 6.45) is -1.37. The lowest BCUT2D eigenvalue weighted by Gasteiger charge is -2.12. The van der Waals surface area contributed by atoms with Gasteiger partial charge in [0, 0.05) is 10.9 Å². The highest BCUT2D eigenvalue weighted by Gasteiger charge is 2.29. The largest absolute Gasteiger partial charge is 0.481 e. The first-order chi connectivity index (χ1) is 13.3. The van der Waals surface area contributed by atoms with Crippen molar-refractivity contribution in [2.24, 2.45) is 0 Å². The number of allylic oxidation sites excluding steroid dienone is 1. The number of alkyl halides is 3. The SMILES string of the molecule is C=CCCc1ccc(-c2ccc3c(F)c(OCC(F)(F)F)ccc3c2)c(F)c1. The van der Waals surface area contributed by atoms with Crippen molar-refractivity contribution in [2.45, 2.75) is 19.0 Å². The molecule has 0 amide bonds. The Morgan fingerprint density at radius 2 is 1.75 bits per heavy atom. The highest BCUT2D eigenvalue weighted by Crippen LogP contribution is 2.32. The molecule has 0 unspecified atom stereocenters. The molecule has 0 N–H and O–H groups in total. The van der Waals surface area contributed by atoms with E-state index in [-0.39, 0.29) is 5.39 Å². The zero-order chi connectivity index (χ0) is 20.3. The van der Waals surface area contributed by atoms with Gasteiger partial charge in [-0.15, -0.1) is 6.58 Å². The summed E-state index contributed by atoms with van der Waals surface area (Å²) in [5, 5.41) is 0.538. The summed E-state index contributed by atoms with van der Waals surface area (Å²) in [5.74, 6) is -1.75. The molecule has 6 heteroatoms. The molecule has 0 bridgehead atoms. The molecule has 0 saturated carbocycles. The standard InChI is InChI=1S/C22H17F5O/c1-2-3-4-14-5-8-17(19(23)11-14)15-6-9-18-16(12-15)7-10-20(21(18)24)28-13-22(25,26)27/h2,5-12H,1,3-4,13H2. The van der Waals surface area contributed by atoms with Crippen molar-refractivity contribution in [3.8, 4) is 16.9 Å². The smallest absolute Gasteiger partial charge is 0.422 e. The molecule has 0 heterocycles. The molecule has 1 nitrogen and oxygen atoms in total. The second-order valence-electron chi connectivity index (χ2n) is 6.36. The van der Waals surface area contributed by atoms with Gasteiger partial charge in [-0.3, -0.25) is 0 Å². The lowest BCUT2D eigenvalue weighted by molar-refractivity contribution is -0.153. The van der Waals surface area contributed by atoms with E-state index in [1.54, 1.807) is 18.2 Å². The first-order valence-corrected chi connectivity index (χ1v) is 8.60. The fraction of sp³-hybridized carbons (Fsp3) is 0.182. The van der Waals surface area contributed by atoms with Crippen LogP contribution in [0.4, 0.5) is 22.0 Å². The number of halogens is 5. The maximum Gasteiger partial charge on any atom is 0.422 e. The van der Waals surface area contributed by atoms with Crippen LogP contribution in [0.1, 0.15) is 12.0 Å². The lowest BCUT2D eigenvalue weighted by atomic mass is 9.98. The van der Waals surface area contributed by atoms with E-state index in [4.69, 9.17) is 0 Å². The van der Waals surface area contributed by atoms with Gasteiger partial charge in [-0.25, -0.2) is 8.78 Å². The van der Waals surface area contributed by atoms with Crippen molar-refractivity contribution in [3.63, 3.8) is 0 Å². The maximum atomic E-state index is 14.5. The molecule has 3 aromatic carbocycles. The minimum atomic E-state index is -4.55. The van der Waals surface area contributed by atoms with Gasteiger partial charge in [0.25, 0.3) is 0 Å². The van der Waals surface area contributed by atoms with Gasteiger partial charge in [0.15, 0.2) is 18.2 Å². The molecule has 3 aromatic rings. The zero-order valence-electron chi connectivity index (χ0n) is 14.8. The molecule has 0 radical (unpaired) electrons. The molecular formula is C22H17F5O. The summed E-state index contributed by atoms with van der Waals surface area (Å²) >= 11 is 0. The number of fused-ring (bicyclic) bond motifs is 1. The Balaban J connectivity index is 1.91. The van der Waals surface area contributed by atoms with Crippen LogP contribution in [0.2, 0.25) is 0 Å². The first kappa shape index (κ1) is 19.9. The molecule has 28 heavy (non-hydrogen) atoms. The summed E-state index contributed by atoms with van der Waals surface area (Å²) in [5.41, 5.74) is 1.75. The first-order valence-electron chi connectivity index (χ1n) is 8.60. The van der Waals surface area contributed by atoms with Gasteiger partial charge < -0.3 is 4.74 Å². The summed E-state index contributed by atoms with van der Waals surface area (Å²) in [6.45, 7) is 2.07. The molecule has 3 rings (SSSR count). The zero-order valence-corrected chi connectivity index (χ0v) is 14.8. The van der Waals surface area contributed by atoms with Crippen molar-refractivity contribution in [1.82, 2.24) is 0 Å². The predicted octanol–water partition coefficient (Wildman–Crippen LogP) is 6.84. The van der Waals surface area contributed by atoms with E-state index >= 15 is 0 Å². The van der Waals surface area contributed by atoms with E-state index in [9.17, 15) is 22.0 Å². The summed E-state index contributed by atoms with van der Waals surface area (Å²) in [6, 6.07) is 12.1. The quantitative estimate of drug-likeness (QED) is 0.329. The van der Waals surface area contributed by atoms with Gasteiger partial charge in [0.05, 0.1) is 0 Å². The Labute approximate surface area is 159 Å². The third-order valence-corrected chi connectivity index (χ3v) is 4.29. The van der Waals surface area contributed by atoms with Crippen LogP contribution in [0, 0.1) is 11.6 Å². The van der Waals surface area contributed by atoms with Crippen molar-refractivity contribution in [1.29, 1.82) is 0 Å². The van der Waals surface area contributed by atoms with Crippen LogP contribution in [-0.4, -0.2) is 12.8 Å². The maximum absolute atomic E-state index is 14.5. The van der Waals surface area contributed by atoms with Crippen LogP contribution >= 0.6 is 0 Å². The van der Waals surface area contributed by atoms with E-state index < -0.39 is 30.2 Å². The Bertz CT molecular complexity index is 1010. The van der Waals surface area contributed by atoms with Crippen LogP contribution in [0.5, 0.6) is 5.75 Å². The second kappa shape index (κ2) is 8.00. The molecule has 0 aliphatic heterocycles. The Morgan fingerprint density at radius 3 is 2.43 bits per heavy atom.